The molecule has 4 aromatic rings. The lowest BCUT2D eigenvalue weighted by Crippen LogP contribution is -2.68. The summed E-state index contributed by atoms with van der Waals surface area (Å²) in [5, 5.41) is 1.00. The smallest absolute Gasteiger partial charge is 0.141 e. The molecule has 0 saturated carbocycles. The molecule has 156 valence electrons. The monoisotopic (exact) mass is 414 g/mol. The van der Waals surface area contributed by atoms with Crippen LogP contribution in [-0.4, -0.2) is 50.0 Å². The van der Waals surface area contributed by atoms with E-state index in [4.69, 9.17) is 4.98 Å². The number of aromatic nitrogens is 4. The number of H-pyrrole nitrogens is 1. The number of pyridine rings is 1. The topological polar surface area (TPSA) is 60.9 Å². The van der Waals surface area contributed by atoms with Gasteiger partial charge in [-0.1, -0.05) is 12.1 Å². The predicted octanol–water partition coefficient (Wildman–Crippen LogP) is 3.93. The molecule has 2 unspecified atom stereocenters. The second kappa shape index (κ2) is 7.13. The third kappa shape index (κ3) is 3.16. The third-order valence-electron chi connectivity index (χ3n) is 6.63. The average Bonchev–Trinajstić information content (AvgIpc) is 3.29. The molecule has 2 bridgehead atoms. The van der Waals surface area contributed by atoms with Gasteiger partial charge in [0.2, 0.25) is 0 Å². The lowest BCUT2D eigenvalue weighted by molar-refractivity contribution is -0.00870. The van der Waals surface area contributed by atoms with Gasteiger partial charge in [-0.2, -0.15) is 0 Å². The maximum Gasteiger partial charge on any atom is 0.141 e. The van der Waals surface area contributed by atoms with E-state index in [-0.39, 0.29) is 5.82 Å². The number of hydrogen-bond donors (Lipinski definition) is 1. The maximum absolute atomic E-state index is 13.6. The largest absolute Gasteiger partial charge is 0.353 e. The minimum atomic E-state index is -0.132. The molecule has 6 nitrogen and oxygen atoms in total. The molecule has 3 saturated heterocycles. The molecule has 3 fully saturated rings. The van der Waals surface area contributed by atoms with Crippen LogP contribution in [0.15, 0.2) is 55.1 Å². The van der Waals surface area contributed by atoms with Crippen molar-refractivity contribution in [3.8, 4) is 11.3 Å². The number of fused-ring (bicyclic) bond motifs is 3. The van der Waals surface area contributed by atoms with Crippen molar-refractivity contribution in [2.45, 2.75) is 32.0 Å². The highest BCUT2D eigenvalue weighted by molar-refractivity contribution is 5.90. The Morgan fingerprint density at radius 3 is 2.71 bits per heavy atom. The van der Waals surface area contributed by atoms with Crippen LogP contribution in [0.25, 0.3) is 22.3 Å². The average molecular weight is 414 g/mol. The number of piperidine rings is 1. The third-order valence-corrected chi connectivity index (χ3v) is 6.63. The zero-order valence-electron chi connectivity index (χ0n) is 17.3. The van der Waals surface area contributed by atoms with E-state index in [0.29, 0.717) is 12.1 Å². The van der Waals surface area contributed by atoms with Crippen molar-refractivity contribution in [1.29, 1.82) is 0 Å². The standard InChI is InChI=1S/C24H23FN6/c1-15-8-16(2-4-21(15)25)11-31-18-9-19(31)13-30(12-18)22-5-3-17(10-27-22)23-20-6-7-26-24(20)29-14-28-23/h2-8,10,14,18-19H,9,11-13H2,1H3,(H,26,28,29). The number of rotatable bonds is 4. The summed E-state index contributed by atoms with van der Waals surface area (Å²) in [6, 6.07) is 12.7. The van der Waals surface area contributed by atoms with Crippen molar-refractivity contribution < 1.29 is 4.39 Å². The Labute approximate surface area is 179 Å². The zero-order chi connectivity index (χ0) is 20.9. The summed E-state index contributed by atoms with van der Waals surface area (Å²) >= 11 is 0. The fourth-order valence-electron chi connectivity index (χ4n) is 4.96. The number of piperazine rings is 1. The molecule has 7 rings (SSSR count). The van der Waals surface area contributed by atoms with Crippen LogP contribution in [0.1, 0.15) is 17.5 Å². The van der Waals surface area contributed by atoms with Crippen molar-refractivity contribution in [3.63, 3.8) is 0 Å². The number of aryl methyl sites for hydroxylation is 1. The maximum atomic E-state index is 13.6. The van der Waals surface area contributed by atoms with Crippen LogP contribution in [-0.2, 0) is 6.54 Å². The number of anilines is 1. The molecule has 0 spiro atoms. The first kappa shape index (κ1) is 18.4. The van der Waals surface area contributed by atoms with Crippen LogP contribution in [0.3, 0.4) is 0 Å². The number of nitrogens with one attached hydrogen (secondary N) is 1. The van der Waals surface area contributed by atoms with Crippen molar-refractivity contribution in [2.75, 3.05) is 18.0 Å². The van der Waals surface area contributed by atoms with Gasteiger partial charge >= 0.3 is 0 Å². The molecular formula is C24H23FN6. The molecule has 0 radical (unpaired) electrons. The predicted molar refractivity (Wildman–Crippen MR) is 118 cm³/mol. The number of hydrogen-bond acceptors (Lipinski definition) is 5. The second-order valence-corrected chi connectivity index (χ2v) is 8.57. The van der Waals surface area contributed by atoms with Gasteiger partial charge in [0.1, 0.15) is 23.6 Å². The molecule has 0 amide bonds. The lowest BCUT2D eigenvalue weighted by Gasteiger charge is -2.56. The highest BCUT2D eigenvalue weighted by Crippen LogP contribution is 2.36. The van der Waals surface area contributed by atoms with E-state index in [0.717, 1.165) is 53.3 Å². The van der Waals surface area contributed by atoms with Gasteiger partial charge in [-0.15, -0.1) is 0 Å². The van der Waals surface area contributed by atoms with Gasteiger partial charge in [0, 0.05) is 55.1 Å². The number of halogens is 1. The summed E-state index contributed by atoms with van der Waals surface area (Å²) in [4.78, 5) is 21.5. The van der Waals surface area contributed by atoms with Crippen LogP contribution >= 0.6 is 0 Å². The first-order chi connectivity index (χ1) is 15.2. The van der Waals surface area contributed by atoms with Crippen molar-refractivity contribution in [2.24, 2.45) is 0 Å². The van der Waals surface area contributed by atoms with E-state index in [1.807, 2.05) is 37.5 Å². The summed E-state index contributed by atoms with van der Waals surface area (Å²) in [7, 11) is 0. The van der Waals surface area contributed by atoms with E-state index in [1.165, 1.54) is 12.0 Å². The molecule has 3 aliphatic rings. The minimum Gasteiger partial charge on any atom is -0.353 e. The highest BCUT2D eigenvalue weighted by Gasteiger charge is 2.44. The number of benzene rings is 1. The summed E-state index contributed by atoms with van der Waals surface area (Å²) in [6.45, 7) is 4.66. The summed E-state index contributed by atoms with van der Waals surface area (Å²) in [5.74, 6) is 0.877. The van der Waals surface area contributed by atoms with Gasteiger partial charge in [-0.25, -0.2) is 19.3 Å². The molecule has 1 aromatic carbocycles. The lowest BCUT2D eigenvalue weighted by atomic mass is 9.86. The van der Waals surface area contributed by atoms with Gasteiger partial charge in [-0.05, 0) is 48.7 Å². The second-order valence-electron chi connectivity index (χ2n) is 8.57. The molecule has 6 heterocycles. The van der Waals surface area contributed by atoms with E-state index in [1.54, 1.807) is 12.4 Å². The Balaban J connectivity index is 1.16. The number of nitrogens with zero attached hydrogens (tertiary/aromatic N) is 5. The Hall–Kier alpha value is -3.32. The first-order valence-corrected chi connectivity index (χ1v) is 10.7. The van der Waals surface area contributed by atoms with E-state index in [9.17, 15) is 4.39 Å². The Kier molecular flexibility index (Phi) is 4.24. The molecular weight excluding hydrogens is 391 g/mol. The summed E-state index contributed by atoms with van der Waals surface area (Å²) in [6.07, 6.45) is 6.59. The van der Waals surface area contributed by atoms with Crippen LogP contribution in [0, 0.1) is 12.7 Å². The van der Waals surface area contributed by atoms with E-state index in [2.05, 4.69) is 36.9 Å². The van der Waals surface area contributed by atoms with Crippen LogP contribution in [0.5, 0.6) is 0 Å². The molecule has 3 aliphatic heterocycles. The molecule has 7 heteroatoms. The van der Waals surface area contributed by atoms with Crippen molar-refractivity contribution >= 4 is 16.9 Å². The molecule has 0 aliphatic carbocycles. The highest BCUT2D eigenvalue weighted by atomic mass is 19.1. The van der Waals surface area contributed by atoms with E-state index >= 15 is 0 Å². The van der Waals surface area contributed by atoms with Gasteiger partial charge in [0.25, 0.3) is 0 Å². The van der Waals surface area contributed by atoms with Gasteiger partial charge in [0.05, 0.1) is 5.69 Å². The molecule has 1 N–H and O–H groups in total. The van der Waals surface area contributed by atoms with Crippen molar-refractivity contribution in [1.82, 2.24) is 24.8 Å². The quantitative estimate of drug-likeness (QED) is 0.548. The Bertz CT molecular complexity index is 1240. The fourth-order valence-corrected chi connectivity index (χ4v) is 4.96. The molecule has 2 atom stereocenters. The summed E-state index contributed by atoms with van der Waals surface area (Å²) < 4.78 is 13.6. The van der Waals surface area contributed by atoms with Crippen LogP contribution < -0.4 is 4.90 Å². The zero-order valence-corrected chi connectivity index (χ0v) is 17.3. The van der Waals surface area contributed by atoms with Crippen molar-refractivity contribution in [3.05, 3.63) is 72.1 Å². The Morgan fingerprint density at radius 1 is 1.06 bits per heavy atom. The number of aromatic amines is 1. The molecule has 3 aromatic heterocycles. The van der Waals surface area contributed by atoms with Gasteiger partial charge in [-0.3, -0.25) is 4.90 Å². The Morgan fingerprint density at radius 2 is 1.94 bits per heavy atom. The van der Waals surface area contributed by atoms with Gasteiger partial charge in [0.15, 0.2) is 0 Å². The minimum absolute atomic E-state index is 0.132. The normalized spacial score (nSPS) is 20.8. The van der Waals surface area contributed by atoms with E-state index < -0.39 is 0 Å². The SMILES string of the molecule is Cc1cc(CN2C3CC2CN(c2ccc(-c4ncnc5[nH]ccc45)cn2)C3)ccc1F. The van der Waals surface area contributed by atoms with Crippen LogP contribution in [0.4, 0.5) is 10.2 Å². The summed E-state index contributed by atoms with van der Waals surface area (Å²) in [5.41, 5.74) is 4.63. The fraction of sp³-hybridized carbons (Fsp3) is 0.292. The molecule has 31 heavy (non-hydrogen) atoms. The van der Waals surface area contributed by atoms with Gasteiger partial charge < -0.3 is 9.88 Å². The van der Waals surface area contributed by atoms with Crippen LogP contribution in [0.2, 0.25) is 0 Å². The first-order valence-electron chi connectivity index (χ1n) is 10.7.